The van der Waals surface area contributed by atoms with Gasteiger partial charge in [-0.15, -0.1) is 0 Å². The molecule has 0 fully saturated rings. The summed E-state index contributed by atoms with van der Waals surface area (Å²) < 4.78 is 9.03. The third-order valence-corrected chi connectivity index (χ3v) is 6.99. The van der Waals surface area contributed by atoms with Gasteiger partial charge in [0, 0.05) is 56.7 Å². The Morgan fingerprint density at radius 3 is 1.55 bits per heavy atom. The van der Waals surface area contributed by atoms with E-state index in [-0.39, 0.29) is 0 Å². The SMILES string of the molecule is Brc1ccc(CN(I)I)cc1.[Pt]=[c]1n(Cc2ccccc2)ccn1Cc1ccccc1. The number of aromatic nitrogens is 2. The molecule has 31 heavy (non-hydrogen) atoms. The van der Waals surface area contributed by atoms with Crippen LogP contribution in [0.3, 0.4) is 0 Å². The Balaban J connectivity index is 0.000000210. The average Bonchev–Trinajstić information content (AvgIpc) is 3.11. The van der Waals surface area contributed by atoms with Crippen LogP contribution in [0.2, 0.25) is 0 Å². The molecule has 4 rings (SSSR count). The molecule has 0 N–H and O–H groups in total. The number of hydrogen-bond donors (Lipinski definition) is 0. The molecule has 0 bridgehead atoms. The van der Waals surface area contributed by atoms with Crippen molar-refractivity contribution in [1.29, 1.82) is 0 Å². The summed E-state index contributed by atoms with van der Waals surface area (Å²) in [6.07, 6.45) is 4.30. The number of hydrogen-bond acceptors (Lipinski definition) is 1. The van der Waals surface area contributed by atoms with Gasteiger partial charge in [0.15, 0.2) is 0 Å². The van der Waals surface area contributed by atoms with Crippen molar-refractivity contribution in [3.63, 3.8) is 0 Å². The summed E-state index contributed by atoms with van der Waals surface area (Å²) in [6, 6.07) is 29.5. The predicted octanol–water partition coefficient (Wildman–Crippen LogP) is 7.42. The molecule has 0 aliphatic carbocycles. The van der Waals surface area contributed by atoms with Crippen LogP contribution in [0.15, 0.2) is 102 Å². The van der Waals surface area contributed by atoms with Gasteiger partial charge < -0.3 is 0 Å². The number of nitrogens with zero attached hydrogens (tertiary/aromatic N) is 3. The van der Waals surface area contributed by atoms with Gasteiger partial charge in [-0.2, -0.15) is 1.33 Å². The Morgan fingerprint density at radius 1 is 0.677 bits per heavy atom. The van der Waals surface area contributed by atoms with Crippen LogP contribution in [-0.4, -0.2) is 10.5 Å². The fourth-order valence-corrected chi connectivity index (χ4v) is 4.70. The van der Waals surface area contributed by atoms with Gasteiger partial charge in [0.1, 0.15) is 0 Å². The van der Waals surface area contributed by atoms with E-state index in [1.165, 1.54) is 20.5 Å². The van der Waals surface area contributed by atoms with E-state index in [4.69, 9.17) is 0 Å². The molecule has 0 atom stereocenters. The molecule has 0 amide bonds. The molecule has 7 heteroatoms. The van der Waals surface area contributed by atoms with Gasteiger partial charge in [-0.05, 0) is 17.7 Å². The quantitative estimate of drug-likeness (QED) is 0.145. The van der Waals surface area contributed by atoms with E-state index >= 15 is 0 Å². The van der Waals surface area contributed by atoms with Crippen LogP contribution in [0, 0.1) is 3.80 Å². The molecule has 0 radical (unpaired) electrons. The number of benzene rings is 3. The topological polar surface area (TPSA) is 13.1 Å². The Kier molecular flexibility index (Phi) is 10.7. The zero-order valence-electron chi connectivity index (χ0n) is 16.7. The zero-order chi connectivity index (χ0) is 22.1. The molecule has 3 aromatic carbocycles. The van der Waals surface area contributed by atoms with E-state index in [1.54, 1.807) is 0 Å². The number of imidazole rings is 1. The van der Waals surface area contributed by atoms with E-state index in [0.717, 1.165) is 24.1 Å². The summed E-state index contributed by atoms with van der Waals surface area (Å²) >= 11 is 10.3. The molecule has 0 aliphatic rings. The van der Waals surface area contributed by atoms with Crippen LogP contribution in [0.1, 0.15) is 16.7 Å². The molecule has 3 nitrogen and oxygen atoms in total. The first kappa shape index (κ1) is 25.1. The van der Waals surface area contributed by atoms with Crippen molar-refractivity contribution in [2.24, 2.45) is 0 Å². The van der Waals surface area contributed by atoms with Crippen LogP contribution in [-0.2, 0) is 39.0 Å². The normalized spacial score (nSPS) is 10.6. The maximum atomic E-state index is 3.39. The first-order valence-electron chi connectivity index (χ1n) is 9.63. The van der Waals surface area contributed by atoms with Gasteiger partial charge in [0.2, 0.25) is 0 Å². The third kappa shape index (κ3) is 8.72. The van der Waals surface area contributed by atoms with Gasteiger partial charge in [0.25, 0.3) is 0 Å². The van der Waals surface area contributed by atoms with Crippen molar-refractivity contribution >= 4 is 61.7 Å². The predicted molar refractivity (Wildman–Crippen MR) is 144 cm³/mol. The van der Waals surface area contributed by atoms with Gasteiger partial charge >= 0.3 is 130 Å². The molecule has 164 valence electrons. The Morgan fingerprint density at radius 2 is 1.13 bits per heavy atom. The number of rotatable bonds is 6. The van der Waals surface area contributed by atoms with Gasteiger partial charge in [-0.1, -0.05) is 28.1 Å². The number of halogens is 3. The van der Waals surface area contributed by atoms with Crippen LogP contribution < -0.4 is 0 Å². The van der Waals surface area contributed by atoms with Crippen molar-refractivity contribution in [3.05, 3.63) is 122 Å². The van der Waals surface area contributed by atoms with Crippen molar-refractivity contribution < 1.29 is 19.4 Å². The molecule has 0 saturated carbocycles. The third-order valence-electron chi connectivity index (χ3n) is 4.47. The molecule has 1 aromatic heterocycles. The first-order chi connectivity index (χ1) is 15.0. The molecular weight excluding hydrogens is 859 g/mol. The fraction of sp³-hybridized carbons (Fsp3) is 0.125. The average molecular weight is 881 g/mol. The summed E-state index contributed by atoms with van der Waals surface area (Å²) in [6.45, 7) is 2.82. The van der Waals surface area contributed by atoms with E-state index in [2.05, 4.69) is 189 Å². The fourth-order valence-electron chi connectivity index (χ4n) is 2.95. The standard InChI is InChI=1S/C17H16N2.C7H6BrI2N.Pt/c1-3-7-16(8-4-1)13-18-11-12-19(15-18)14-17-9-5-2-6-10-17;8-7-3-1-6(2-4-7)5-11(9)10;/h1-12H,13-14H2;1-4H,5H2;. The van der Waals surface area contributed by atoms with E-state index in [0.29, 0.717) is 0 Å². The van der Waals surface area contributed by atoms with Crippen molar-refractivity contribution in [2.75, 3.05) is 0 Å². The summed E-state index contributed by atoms with van der Waals surface area (Å²) in [5.74, 6) is 0. The van der Waals surface area contributed by atoms with Crippen molar-refractivity contribution in [3.8, 4) is 0 Å². The zero-order valence-corrected chi connectivity index (χ0v) is 24.8. The van der Waals surface area contributed by atoms with E-state index < -0.39 is 0 Å². The first-order valence-corrected chi connectivity index (χ1v) is 13.5. The summed E-state index contributed by atoms with van der Waals surface area (Å²) in [5.41, 5.74) is 3.98. The van der Waals surface area contributed by atoms with Gasteiger partial charge in [0.05, 0.1) is 0 Å². The molecule has 4 aromatic rings. The maximum absolute atomic E-state index is 3.39. The monoisotopic (exact) mass is 880 g/mol. The van der Waals surface area contributed by atoms with E-state index in [9.17, 15) is 0 Å². The molecule has 0 aliphatic heterocycles. The van der Waals surface area contributed by atoms with Crippen molar-refractivity contribution in [2.45, 2.75) is 19.6 Å². The Labute approximate surface area is 231 Å². The van der Waals surface area contributed by atoms with Crippen LogP contribution >= 0.6 is 61.7 Å². The molecule has 1 heterocycles. The van der Waals surface area contributed by atoms with E-state index in [1.807, 2.05) is 0 Å². The summed E-state index contributed by atoms with van der Waals surface area (Å²) in [7, 11) is 0. The Hall–Kier alpha value is -0.542. The molecular formula is C24H22BrI2N3Pt. The summed E-state index contributed by atoms with van der Waals surface area (Å²) in [4.78, 5) is 0. The molecule has 0 unspecified atom stereocenters. The Bertz CT molecular complexity index is 1050. The van der Waals surface area contributed by atoms with Gasteiger partial charge in [-0.3, -0.25) is 0 Å². The minimum absolute atomic E-state index is 0.918. The second-order valence-electron chi connectivity index (χ2n) is 6.85. The second kappa shape index (κ2) is 13.2. The molecule has 0 spiro atoms. The molecule has 0 saturated heterocycles. The summed E-state index contributed by atoms with van der Waals surface area (Å²) in [5, 5.41) is 0. The van der Waals surface area contributed by atoms with Crippen LogP contribution in [0.25, 0.3) is 0 Å². The van der Waals surface area contributed by atoms with Crippen molar-refractivity contribution in [1.82, 2.24) is 10.5 Å². The van der Waals surface area contributed by atoms with Crippen LogP contribution in [0.4, 0.5) is 0 Å². The van der Waals surface area contributed by atoms with Gasteiger partial charge in [-0.25, -0.2) is 0 Å². The van der Waals surface area contributed by atoms with Crippen LogP contribution in [0.5, 0.6) is 0 Å². The second-order valence-corrected chi connectivity index (χ2v) is 13.0. The minimum atomic E-state index is 0.918.